The SMILES string of the molecule is Sc1ccc(-c2ccc3sc4ccc(S)cc4c3c2)cc1. The van der Waals surface area contributed by atoms with Crippen molar-refractivity contribution in [3.05, 3.63) is 60.7 Å². The predicted molar refractivity (Wildman–Crippen MR) is 99.3 cm³/mol. The molecule has 4 aromatic rings. The Hall–Kier alpha value is -1.42. The van der Waals surface area contributed by atoms with E-state index in [1.807, 2.05) is 29.5 Å². The molecule has 21 heavy (non-hydrogen) atoms. The van der Waals surface area contributed by atoms with Crippen molar-refractivity contribution in [1.82, 2.24) is 0 Å². The molecule has 102 valence electrons. The minimum absolute atomic E-state index is 0.987. The van der Waals surface area contributed by atoms with E-state index in [0.717, 1.165) is 9.79 Å². The van der Waals surface area contributed by atoms with Crippen molar-refractivity contribution < 1.29 is 0 Å². The second-order valence-electron chi connectivity index (χ2n) is 5.04. The molecule has 0 unspecified atom stereocenters. The van der Waals surface area contributed by atoms with Crippen molar-refractivity contribution >= 4 is 56.8 Å². The Morgan fingerprint density at radius 3 is 1.90 bits per heavy atom. The molecule has 0 saturated carbocycles. The molecular formula is C18H12S3. The van der Waals surface area contributed by atoms with Crippen LogP contribution >= 0.6 is 36.6 Å². The zero-order valence-electron chi connectivity index (χ0n) is 11.1. The molecule has 1 aromatic heterocycles. The number of thiol groups is 2. The smallest absolute Gasteiger partial charge is 0.0356 e. The molecule has 0 N–H and O–H groups in total. The number of fused-ring (bicyclic) bond motifs is 3. The van der Waals surface area contributed by atoms with Crippen molar-refractivity contribution in [3.8, 4) is 11.1 Å². The van der Waals surface area contributed by atoms with Gasteiger partial charge in [0.1, 0.15) is 0 Å². The van der Waals surface area contributed by atoms with Gasteiger partial charge in [0.2, 0.25) is 0 Å². The fourth-order valence-corrected chi connectivity index (χ4v) is 4.02. The molecule has 4 rings (SSSR count). The molecule has 0 amide bonds. The lowest BCUT2D eigenvalue weighted by molar-refractivity contribution is 1.47. The lowest BCUT2D eigenvalue weighted by Crippen LogP contribution is -1.77. The van der Waals surface area contributed by atoms with E-state index in [1.54, 1.807) is 0 Å². The summed E-state index contributed by atoms with van der Waals surface area (Å²) in [7, 11) is 0. The molecule has 0 spiro atoms. The van der Waals surface area contributed by atoms with Gasteiger partial charge in [-0.25, -0.2) is 0 Å². The summed E-state index contributed by atoms with van der Waals surface area (Å²) >= 11 is 10.6. The third-order valence-electron chi connectivity index (χ3n) is 3.65. The first kappa shape index (κ1) is 13.3. The van der Waals surface area contributed by atoms with Gasteiger partial charge in [0.25, 0.3) is 0 Å². The van der Waals surface area contributed by atoms with Gasteiger partial charge in [-0.15, -0.1) is 36.6 Å². The summed E-state index contributed by atoms with van der Waals surface area (Å²) in [6.07, 6.45) is 0. The van der Waals surface area contributed by atoms with Crippen molar-refractivity contribution in [2.75, 3.05) is 0 Å². The van der Waals surface area contributed by atoms with E-state index >= 15 is 0 Å². The molecule has 0 aliphatic rings. The van der Waals surface area contributed by atoms with Crippen molar-refractivity contribution in [2.45, 2.75) is 9.79 Å². The summed E-state index contributed by atoms with van der Waals surface area (Å²) in [6.45, 7) is 0. The van der Waals surface area contributed by atoms with E-state index in [9.17, 15) is 0 Å². The number of hydrogen-bond donors (Lipinski definition) is 2. The Kier molecular flexibility index (Phi) is 3.21. The largest absolute Gasteiger partial charge is 0.143 e. The quantitative estimate of drug-likeness (QED) is 0.377. The van der Waals surface area contributed by atoms with E-state index in [0.29, 0.717) is 0 Å². The molecule has 0 nitrogen and oxygen atoms in total. The van der Waals surface area contributed by atoms with Crippen LogP contribution in [0.25, 0.3) is 31.3 Å². The first-order valence-electron chi connectivity index (χ1n) is 6.65. The van der Waals surface area contributed by atoms with Crippen LogP contribution in [0.15, 0.2) is 70.5 Å². The number of benzene rings is 3. The van der Waals surface area contributed by atoms with Crippen LogP contribution in [0, 0.1) is 0 Å². The van der Waals surface area contributed by atoms with E-state index in [4.69, 9.17) is 0 Å². The normalized spacial score (nSPS) is 11.3. The maximum Gasteiger partial charge on any atom is 0.0356 e. The molecule has 3 heteroatoms. The molecule has 0 aliphatic carbocycles. The predicted octanol–water partition coefficient (Wildman–Crippen LogP) is 6.30. The minimum atomic E-state index is 0.987. The van der Waals surface area contributed by atoms with Crippen molar-refractivity contribution in [2.24, 2.45) is 0 Å². The minimum Gasteiger partial charge on any atom is -0.143 e. The lowest BCUT2D eigenvalue weighted by Gasteiger charge is -2.03. The van der Waals surface area contributed by atoms with Gasteiger partial charge in [0.05, 0.1) is 0 Å². The van der Waals surface area contributed by atoms with E-state index in [1.165, 1.54) is 31.3 Å². The van der Waals surface area contributed by atoms with Crippen LogP contribution in [0.5, 0.6) is 0 Å². The maximum atomic E-state index is 4.46. The molecule has 3 aromatic carbocycles. The third-order valence-corrected chi connectivity index (χ3v) is 5.38. The molecule has 0 saturated heterocycles. The fraction of sp³-hybridized carbons (Fsp3) is 0. The van der Waals surface area contributed by atoms with Gasteiger partial charge >= 0.3 is 0 Å². The average Bonchev–Trinajstić information content (AvgIpc) is 2.85. The van der Waals surface area contributed by atoms with Gasteiger partial charge < -0.3 is 0 Å². The molecule has 0 aliphatic heterocycles. The Bertz CT molecular complexity index is 949. The van der Waals surface area contributed by atoms with Crippen LogP contribution < -0.4 is 0 Å². The second kappa shape index (κ2) is 5.09. The topological polar surface area (TPSA) is 0 Å². The second-order valence-corrected chi connectivity index (χ2v) is 7.16. The molecular weight excluding hydrogens is 312 g/mol. The van der Waals surface area contributed by atoms with Crippen LogP contribution in [-0.4, -0.2) is 0 Å². The Morgan fingerprint density at radius 2 is 1.14 bits per heavy atom. The standard InChI is InChI=1S/C18H12S3/c19-13-4-1-11(2-5-13)12-3-7-17-15(9-12)16-10-14(20)6-8-18(16)21-17/h1-10,19-20H. The summed E-state index contributed by atoms with van der Waals surface area (Å²) in [5, 5.41) is 2.59. The Labute approximate surface area is 138 Å². The number of rotatable bonds is 1. The average molecular weight is 324 g/mol. The van der Waals surface area contributed by atoms with Crippen molar-refractivity contribution in [3.63, 3.8) is 0 Å². The zero-order chi connectivity index (χ0) is 14.4. The summed E-state index contributed by atoms with van der Waals surface area (Å²) < 4.78 is 2.63. The number of thiophene rings is 1. The van der Waals surface area contributed by atoms with Gasteiger partial charge in [0, 0.05) is 30.0 Å². The van der Waals surface area contributed by atoms with Gasteiger partial charge in [-0.2, -0.15) is 0 Å². The lowest BCUT2D eigenvalue weighted by atomic mass is 10.0. The number of hydrogen-bond acceptors (Lipinski definition) is 3. The Balaban J connectivity index is 1.98. The van der Waals surface area contributed by atoms with Crippen LogP contribution in [0.3, 0.4) is 0 Å². The van der Waals surface area contributed by atoms with Crippen molar-refractivity contribution in [1.29, 1.82) is 0 Å². The highest BCUT2D eigenvalue weighted by Crippen LogP contribution is 2.37. The third kappa shape index (κ3) is 2.35. The van der Waals surface area contributed by atoms with Crippen LogP contribution in [-0.2, 0) is 0 Å². The molecule has 0 atom stereocenters. The summed E-state index contributed by atoms with van der Waals surface area (Å²) in [6, 6.07) is 21.3. The highest BCUT2D eigenvalue weighted by Gasteiger charge is 2.07. The molecule has 1 heterocycles. The maximum absolute atomic E-state index is 4.46. The summed E-state index contributed by atoms with van der Waals surface area (Å²) in [4.78, 5) is 1.99. The first-order chi connectivity index (χ1) is 10.2. The molecule has 0 radical (unpaired) electrons. The monoisotopic (exact) mass is 324 g/mol. The zero-order valence-corrected chi connectivity index (χ0v) is 13.7. The van der Waals surface area contributed by atoms with Gasteiger partial charge in [-0.1, -0.05) is 18.2 Å². The molecule has 0 bridgehead atoms. The molecule has 0 fully saturated rings. The van der Waals surface area contributed by atoms with Gasteiger partial charge in [0.15, 0.2) is 0 Å². The highest BCUT2D eigenvalue weighted by atomic mass is 32.1. The summed E-state index contributed by atoms with van der Waals surface area (Å²) in [5.74, 6) is 0. The van der Waals surface area contributed by atoms with Gasteiger partial charge in [-0.05, 0) is 53.6 Å². The Morgan fingerprint density at radius 1 is 0.571 bits per heavy atom. The van der Waals surface area contributed by atoms with Crippen LogP contribution in [0.2, 0.25) is 0 Å². The summed E-state index contributed by atoms with van der Waals surface area (Å²) in [5.41, 5.74) is 2.45. The van der Waals surface area contributed by atoms with E-state index < -0.39 is 0 Å². The highest BCUT2D eigenvalue weighted by molar-refractivity contribution is 7.80. The van der Waals surface area contributed by atoms with Crippen LogP contribution in [0.1, 0.15) is 0 Å². The first-order valence-corrected chi connectivity index (χ1v) is 8.36. The van der Waals surface area contributed by atoms with Crippen LogP contribution in [0.4, 0.5) is 0 Å². The fourth-order valence-electron chi connectivity index (χ4n) is 2.60. The van der Waals surface area contributed by atoms with E-state index in [-0.39, 0.29) is 0 Å². The van der Waals surface area contributed by atoms with Gasteiger partial charge in [-0.3, -0.25) is 0 Å². The van der Waals surface area contributed by atoms with E-state index in [2.05, 4.69) is 67.7 Å².